The molecule has 26 heavy (non-hydrogen) atoms. The van der Waals surface area contributed by atoms with Gasteiger partial charge in [-0.2, -0.15) is 0 Å². The molecule has 2 rings (SSSR count). The number of alkyl halides is 2. The standard InChI is InChI=1S/C21H24Br2O3/c22-13-19(24)11-5-15-1-7-17(8-2-15)21(26)18-9-3-16(4-10-18)6-12-20(25)14-23/h1-4,7-10,19-20,24-25H,5-6,11-14H2. The highest BCUT2D eigenvalue weighted by atomic mass is 79.9. The fourth-order valence-corrected chi connectivity index (χ4v) is 3.28. The summed E-state index contributed by atoms with van der Waals surface area (Å²) in [7, 11) is 0. The quantitative estimate of drug-likeness (QED) is 0.391. The lowest BCUT2D eigenvalue weighted by Crippen LogP contribution is -2.09. The van der Waals surface area contributed by atoms with E-state index in [9.17, 15) is 15.0 Å². The van der Waals surface area contributed by atoms with Gasteiger partial charge in [-0.05, 0) is 36.8 Å². The van der Waals surface area contributed by atoms with Gasteiger partial charge in [-0.15, -0.1) is 0 Å². The predicted octanol–water partition coefficient (Wildman–Crippen LogP) is 4.29. The number of carbonyl (C=O) groups excluding carboxylic acids is 1. The fraction of sp³-hybridized carbons (Fsp3) is 0.381. The Morgan fingerprint density at radius 3 is 1.38 bits per heavy atom. The minimum atomic E-state index is -0.342. The molecule has 0 spiro atoms. The van der Waals surface area contributed by atoms with Crippen LogP contribution in [0, 0.1) is 0 Å². The molecule has 0 fully saturated rings. The SMILES string of the molecule is O=C(c1ccc(CCC(O)CBr)cc1)c1ccc(CCC(O)CBr)cc1. The summed E-state index contributed by atoms with van der Waals surface area (Å²) in [4.78, 5) is 12.6. The Labute approximate surface area is 171 Å². The first-order chi connectivity index (χ1) is 12.5. The van der Waals surface area contributed by atoms with Gasteiger partial charge in [0.15, 0.2) is 5.78 Å². The van der Waals surface area contributed by atoms with E-state index in [2.05, 4.69) is 31.9 Å². The maximum atomic E-state index is 12.6. The molecular weight excluding hydrogens is 460 g/mol. The van der Waals surface area contributed by atoms with Gasteiger partial charge in [0.25, 0.3) is 0 Å². The Hall–Kier alpha value is -1.01. The molecule has 2 atom stereocenters. The molecule has 0 amide bonds. The van der Waals surface area contributed by atoms with E-state index < -0.39 is 0 Å². The molecule has 0 saturated heterocycles. The summed E-state index contributed by atoms with van der Waals surface area (Å²) in [6.07, 6.45) is 2.29. The summed E-state index contributed by atoms with van der Waals surface area (Å²) in [5.41, 5.74) is 3.55. The molecule has 3 nitrogen and oxygen atoms in total. The van der Waals surface area contributed by atoms with E-state index >= 15 is 0 Å². The van der Waals surface area contributed by atoms with Crippen LogP contribution in [0.4, 0.5) is 0 Å². The third-order valence-electron chi connectivity index (χ3n) is 4.32. The number of benzene rings is 2. The molecule has 0 radical (unpaired) electrons. The zero-order chi connectivity index (χ0) is 18.9. The number of aliphatic hydroxyl groups is 2. The molecule has 0 aliphatic rings. The number of aliphatic hydroxyl groups excluding tert-OH is 2. The summed E-state index contributed by atoms with van der Waals surface area (Å²) >= 11 is 6.52. The van der Waals surface area contributed by atoms with Gasteiger partial charge in [-0.3, -0.25) is 4.79 Å². The molecular formula is C21H24Br2O3. The topological polar surface area (TPSA) is 57.5 Å². The Bertz CT molecular complexity index is 624. The van der Waals surface area contributed by atoms with E-state index in [0.717, 1.165) is 24.0 Å². The van der Waals surface area contributed by atoms with Crippen LogP contribution in [0.25, 0.3) is 0 Å². The lowest BCUT2D eigenvalue weighted by atomic mass is 9.98. The van der Waals surface area contributed by atoms with Crippen molar-refractivity contribution in [2.24, 2.45) is 0 Å². The summed E-state index contributed by atoms with van der Waals surface area (Å²) in [6.45, 7) is 0. The van der Waals surface area contributed by atoms with Gasteiger partial charge in [0.2, 0.25) is 0 Å². The van der Waals surface area contributed by atoms with E-state index in [1.807, 2.05) is 48.5 Å². The van der Waals surface area contributed by atoms with Crippen molar-refractivity contribution in [3.63, 3.8) is 0 Å². The number of carbonyl (C=O) groups is 1. The van der Waals surface area contributed by atoms with Gasteiger partial charge < -0.3 is 10.2 Å². The molecule has 2 unspecified atom stereocenters. The van der Waals surface area contributed by atoms with Crippen LogP contribution in [0.1, 0.15) is 39.9 Å². The van der Waals surface area contributed by atoms with Gasteiger partial charge in [0.05, 0.1) is 12.2 Å². The largest absolute Gasteiger partial charge is 0.392 e. The van der Waals surface area contributed by atoms with Crippen LogP contribution in [-0.4, -0.2) is 38.9 Å². The average molecular weight is 484 g/mol. The Morgan fingerprint density at radius 2 is 1.08 bits per heavy atom. The molecule has 0 aliphatic heterocycles. The smallest absolute Gasteiger partial charge is 0.193 e. The molecule has 2 N–H and O–H groups in total. The van der Waals surface area contributed by atoms with Crippen LogP contribution in [-0.2, 0) is 12.8 Å². The van der Waals surface area contributed by atoms with Crippen LogP contribution >= 0.6 is 31.9 Å². The van der Waals surface area contributed by atoms with Crippen LogP contribution in [0.3, 0.4) is 0 Å². The predicted molar refractivity (Wildman–Crippen MR) is 113 cm³/mol. The Balaban J connectivity index is 1.95. The first-order valence-electron chi connectivity index (χ1n) is 8.74. The van der Waals surface area contributed by atoms with Gasteiger partial charge in [-0.1, -0.05) is 80.4 Å². The zero-order valence-electron chi connectivity index (χ0n) is 14.6. The Morgan fingerprint density at radius 1 is 0.731 bits per heavy atom. The lowest BCUT2D eigenvalue weighted by molar-refractivity contribution is 0.103. The first-order valence-corrected chi connectivity index (χ1v) is 11.0. The van der Waals surface area contributed by atoms with Crippen molar-refractivity contribution in [2.45, 2.75) is 37.9 Å². The minimum absolute atomic E-state index is 0.00378. The van der Waals surface area contributed by atoms with Crippen molar-refractivity contribution in [1.29, 1.82) is 0 Å². The number of hydrogen-bond donors (Lipinski definition) is 2. The summed E-state index contributed by atoms with van der Waals surface area (Å²) in [5.74, 6) is 0.00378. The number of aryl methyl sites for hydroxylation is 2. The number of hydrogen-bond acceptors (Lipinski definition) is 3. The zero-order valence-corrected chi connectivity index (χ0v) is 17.7. The molecule has 140 valence electrons. The van der Waals surface area contributed by atoms with Crippen molar-refractivity contribution < 1.29 is 15.0 Å². The molecule has 5 heteroatoms. The number of rotatable bonds is 10. The lowest BCUT2D eigenvalue weighted by Gasteiger charge is -2.08. The third-order valence-corrected chi connectivity index (χ3v) is 5.82. The highest BCUT2D eigenvalue weighted by Crippen LogP contribution is 2.15. The molecule has 0 bridgehead atoms. The first kappa shape index (κ1) is 21.3. The van der Waals surface area contributed by atoms with E-state index in [4.69, 9.17) is 0 Å². The minimum Gasteiger partial charge on any atom is -0.392 e. The average Bonchev–Trinajstić information content (AvgIpc) is 2.70. The maximum Gasteiger partial charge on any atom is 0.193 e. The molecule has 0 heterocycles. The van der Waals surface area contributed by atoms with E-state index in [-0.39, 0.29) is 18.0 Å². The Kier molecular flexibility index (Phi) is 8.99. The van der Waals surface area contributed by atoms with Crippen molar-refractivity contribution in [3.05, 3.63) is 70.8 Å². The van der Waals surface area contributed by atoms with Crippen LogP contribution < -0.4 is 0 Å². The van der Waals surface area contributed by atoms with Crippen LogP contribution in [0.15, 0.2) is 48.5 Å². The van der Waals surface area contributed by atoms with E-state index in [1.54, 1.807) is 0 Å². The molecule has 0 aromatic heterocycles. The summed E-state index contributed by atoms with van der Waals surface area (Å²) in [5, 5.41) is 20.4. The van der Waals surface area contributed by atoms with Crippen LogP contribution in [0.2, 0.25) is 0 Å². The van der Waals surface area contributed by atoms with E-state index in [0.29, 0.717) is 34.6 Å². The van der Waals surface area contributed by atoms with Gasteiger partial charge in [0.1, 0.15) is 0 Å². The third kappa shape index (κ3) is 6.62. The molecule has 2 aromatic carbocycles. The fourth-order valence-electron chi connectivity index (χ4n) is 2.63. The van der Waals surface area contributed by atoms with Crippen LogP contribution in [0.5, 0.6) is 0 Å². The monoisotopic (exact) mass is 482 g/mol. The second-order valence-corrected chi connectivity index (χ2v) is 7.71. The number of halogens is 2. The second-order valence-electron chi connectivity index (χ2n) is 6.42. The second kappa shape index (κ2) is 11.0. The van der Waals surface area contributed by atoms with Crippen molar-refractivity contribution in [3.8, 4) is 0 Å². The molecule has 0 aliphatic carbocycles. The summed E-state index contributed by atoms with van der Waals surface area (Å²) in [6, 6.07) is 15.2. The highest BCUT2D eigenvalue weighted by molar-refractivity contribution is 9.09. The van der Waals surface area contributed by atoms with Crippen molar-refractivity contribution in [1.82, 2.24) is 0 Å². The van der Waals surface area contributed by atoms with Gasteiger partial charge in [0, 0.05) is 21.8 Å². The van der Waals surface area contributed by atoms with Gasteiger partial charge >= 0.3 is 0 Å². The van der Waals surface area contributed by atoms with Crippen molar-refractivity contribution >= 4 is 37.6 Å². The summed E-state index contributed by atoms with van der Waals surface area (Å²) < 4.78 is 0. The van der Waals surface area contributed by atoms with Gasteiger partial charge in [-0.25, -0.2) is 0 Å². The van der Waals surface area contributed by atoms with Crippen molar-refractivity contribution in [2.75, 3.05) is 10.7 Å². The normalized spacial score (nSPS) is 13.4. The highest BCUT2D eigenvalue weighted by Gasteiger charge is 2.10. The molecule has 2 aromatic rings. The number of ketones is 1. The molecule has 0 saturated carbocycles. The van der Waals surface area contributed by atoms with E-state index in [1.165, 1.54) is 0 Å². The maximum absolute atomic E-state index is 12.6.